The monoisotopic (exact) mass is 252 g/mol. The molecule has 0 saturated carbocycles. The number of ether oxygens (including phenoxy) is 1. The van der Waals surface area contributed by atoms with Gasteiger partial charge in [-0.2, -0.15) is 0 Å². The average molecular weight is 252 g/mol. The molecule has 1 aromatic heterocycles. The van der Waals surface area contributed by atoms with E-state index in [4.69, 9.17) is 15.7 Å². The number of anilines is 1. The van der Waals surface area contributed by atoms with E-state index in [0.29, 0.717) is 22.5 Å². The molecule has 6 nitrogen and oxygen atoms in total. The summed E-state index contributed by atoms with van der Waals surface area (Å²) in [5.41, 5.74) is 3.16. The van der Waals surface area contributed by atoms with E-state index in [1.54, 1.807) is 6.07 Å². The number of hydrazine groups is 1. The Bertz CT molecular complexity index is 489. The van der Waals surface area contributed by atoms with E-state index in [1.165, 1.54) is 11.3 Å². The highest BCUT2D eigenvalue weighted by Crippen LogP contribution is 2.21. The summed E-state index contributed by atoms with van der Waals surface area (Å²) < 4.78 is 5.55. The number of nitrogen functional groups attached to an aromatic ring is 1. The fraction of sp³-hybridized carbons (Fsp3) is 0.200. The summed E-state index contributed by atoms with van der Waals surface area (Å²) in [6, 6.07) is 7.30. The van der Waals surface area contributed by atoms with Gasteiger partial charge in [0.05, 0.1) is 6.61 Å². The van der Waals surface area contributed by atoms with Crippen molar-refractivity contribution in [2.75, 3.05) is 5.43 Å². The fourth-order valence-corrected chi connectivity index (χ4v) is 1.85. The number of hydrogen-bond donors (Lipinski definition) is 3. The summed E-state index contributed by atoms with van der Waals surface area (Å²) in [5, 5.41) is 18.1. The zero-order valence-electron chi connectivity index (χ0n) is 8.96. The summed E-state index contributed by atoms with van der Waals surface area (Å²) in [6.45, 7) is 0.248. The Kier molecular flexibility index (Phi) is 3.86. The summed E-state index contributed by atoms with van der Waals surface area (Å²) >= 11 is 1.32. The molecule has 0 amide bonds. The second-order valence-corrected chi connectivity index (χ2v) is 4.26. The Morgan fingerprint density at radius 3 is 2.88 bits per heavy atom. The molecule has 0 saturated heterocycles. The first-order valence-corrected chi connectivity index (χ1v) is 5.75. The minimum atomic E-state index is -0.0537. The van der Waals surface area contributed by atoms with Gasteiger partial charge in [0.2, 0.25) is 5.13 Å². The number of aromatic nitrogens is 2. The second kappa shape index (κ2) is 5.58. The van der Waals surface area contributed by atoms with Gasteiger partial charge in [0.25, 0.3) is 0 Å². The summed E-state index contributed by atoms with van der Waals surface area (Å²) in [5.74, 6) is 5.85. The summed E-state index contributed by atoms with van der Waals surface area (Å²) in [6.07, 6.45) is 0. The first kappa shape index (κ1) is 11.8. The van der Waals surface area contributed by atoms with E-state index in [9.17, 15) is 0 Å². The highest BCUT2D eigenvalue weighted by Gasteiger charge is 2.05. The molecule has 0 spiro atoms. The van der Waals surface area contributed by atoms with Crippen LogP contribution in [0.4, 0.5) is 5.13 Å². The highest BCUT2D eigenvalue weighted by atomic mass is 32.1. The number of rotatable bonds is 5. The Hall–Kier alpha value is -1.70. The molecular formula is C10H12N4O2S. The Balaban J connectivity index is 2.01. The highest BCUT2D eigenvalue weighted by molar-refractivity contribution is 7.15. The van der Waals surface area contributed by atoms with Crippen molar-refractivity contribution in [3.8, 4) is 5.75 Å². The predicted molar refractivity (Wildman–Crippen MR) is 64.4 cm³/mol. The Morgan fingerprint density at radius 2 is 2.18 bits per heavy atom. The van der Waals surface area contributed by atoms with Crippen molar-refractivity contribution in [3.63, 3.8) is 0 Å². The maximum absolute atomic E-state index is 9.13. The molecule has 0 aliphatic carbocycles. The van der Waals surface area contributed by atoms with Crippen LogP contribution >= 0.6 is 11.3 Å². The number of para-hydroxylation sites is 1. The van der Waals surface area contributed by atoms with Gasteiger partial charge in [0, 0.05) is 5.56 Å². The summed E-state index contributed by atoms with van der Waals surface area (Å²) in [7, 11) is 0. The van der Waals surface area contributed by atoms with Gasteiger partial charge < -0.3 is 9.84 Å². The Labute approximate surface area is 102 Å². The van der Waals surface area contributed by atoms with Crippen molar-refractivity contribution in [1.29, 1.82) is 0 Å². The van der Waals surface area contributed by atoms with Crippen molar-refractivity contribution in [1.82, 2.24) is 10.2 Å². The molecule has 0 unspecified atom stereocenters. The predicted octanol–water partition coefficient (Wildman–Crippen LogP) is 0.895. The van der Waals surface area contributed by atoms with Crippen molar-refractivity contribution in [3.05, 3.63) is 34.8 Å². The lowest BCUT2D eigenvalue weighted by molar-refractivity contribution is 0.258. The number of hydrogen-bond acceptors (Lipinski definition) is 7. The largest absolute Gasteiger partial charge is 0.486 e. The first-order valence-electron chi connectivity index (χ1n) is 4.94. The van der Waals surface area contributed by atoms with Gasteiger partial charge in [0.15, 0.2) is 5.01 Å². The molecular weight excluding hydrogens is 240 g/mol. The molecule has 1 heterocycles. The topological polar surface area (TPSA) is 93.3 Å². The van der Waals surface area contributed by atoms with E-state index in [1.807, 2.05) is 18.2 Å². The van der Waals surface area contributed by atoms with Crippen LogP contribution in [0.15, 0.2) is 24.3 Å². The van der Waals surface area contributed by atoms with Crippen LogP contribution in [0.2, 0.25) is 0 Å². The molecule has 4 N–H and O–H groups in total. The van der Waals surface area contributed by atoms with Crippen molar-refractivity contribution in [2.24, 2.45) is 5.84 Å². The van der Waals surface area contributed by atoms with Crippen LogP contribution in [0.3, 0.4) is 0 Å². The van der Waals surface area contributed by atoms with E-state index >= 15 is 0 Å². The molecule has 0 aliphatic rings. The molecule has 2 rings (SSSR count). The normalized spacial score (nSPS) is 10.2. The molecule has 7 heteroatoms. The van der Waals surface area contributed by atoms with Crippen molar-refractivity contribution >= 4 is 16.5 Å². The van der Waals surface area contributed by atoms with Gasteiger partial charge in [0.1, 0.15) is 12.4 Å². The lowest BCUT2D eigenvalue weighted by Gasteiger charge is -2.07. The minimum absolute atomic E-state index is 0.0537. The van der Waals surface area contributed by atoms with Crippen molar-refractivity contribution in [2.45, 2.75) is 13.2 Å². The second-order valence-electron chi connectivity index (χ2n) is 3.20. The first-order chi connectivity index (χ1) is 8.33. The quantitative estimate of drug-likeness (QED) is 0.540. The van der Waals surface area contributed by atoms with Crippen LogP contribution in [0.5, 0.6) is 5.75 Å². The minimum Gasteiger partial charge on any atom is -0.486 e. The van der Waals surface area contributed by atoms with E-state index in [2.05, 4.69) is 15.6 Å². The van der Waals surface area contributed by atoms with Crippen LogP contribution < -0.4 is 16.0 Å². The van der Waals surface area contributed by atoms with Crippen molar-refractivity contribution < 1.29 is 9.84 Å². The van der Waals surface area contributed by atoms with Gasteiger partial charge >= 0.3 is 0 Å². The maximum atomic E-state index is 9.13. The average Bonchev–Trinajstić information content (AvgIpc) is 2.84. The fourth-order valence-electron chi connectivity index (χ4n) is 1.29. The van der Waals surface area contributed by atoms with Gasteiger partial charge in [-0.05, 0) is 6.07 Å². The molecule has 1 aromatic carbocycles. The lowest BCUT2D eigenvalue weighted by atomic mass is 10.2. The molecule has 0 bridgehead atoms. The third-order valence-electron chi connectivity index (χ3n) is 2.08. The number of aliphatic hydroxyl groups is 1. The van der Waals surface area contributed by atoms with Crippen LogP contribution in [0.25, 0.3) is 0 Å². The number of nitrogens with zero attached hydrogens (tertiary/aromatic N) is 2. The SMILES string of the molecule is NNc1nnc(COc2ccccc2CO)s1. The third kappa shape index (κ3) is 2.90. The zero-order chi connectivity index (χ0) is 12.1. The van der Waals surface area contributed by atoms with Gasteiger partial charge in [-0.3, -0.25) is 5.43 Å². The molecule has 0 fully saturated rings. The Morgan fingerprint density at radius 1 is 1.35 bits per heavy atom. The molecule has 2 aromatic rings. The van der Waals surface area contributed by atoms with Gasteiger partial charge in [-0.1, -0.05) is 29.5 Å². The molecule has 17 heavy (non-hydrogen) atoms. The number of nitrogens with two attached hydrogens (primary N) is 1. The summed E-state index contributed by atoms with van der Waals surface area (Å²) in [4.78, 5) is 0. The van der Waals surface area contributed by atoms with E-state index in [0.717, 1.165) is 5.56 Å². The third-order valence-corrected chi connectivity index (χ3v) is 2.91. The van der Waals surface area contributed by atoms with E-state index in [-0.39, 0.29) is 6.61 Å². The number of benzene rings is 1. The van der Waals surface area contributed by atoms with Gasteiger partial charge in [-0.15, -0.1) is 10.2 Å². The van der Waals surface area contributed by atoms with Crippen LogP contribution in [0.1, 0.15) is 10.6 Å². The smallest absolute Gasteiger partial charge is 0.219 e. The van der Waals surface area contributed by atoms with Crippen LogP contribution in [0, 0.1) is 0 Å². The standard InChI is InChI=1S/C10H12N4O2S/c11-12-10-14-13-9(17-10)6-16-8-4-2-1-3-7(8)5-15/h1-4,15H,5-6,11H2,(H,12,14). The number of nitrogens with one attached hydrogen (secondary N) is 1. The maximum Gasteiger partial charge on any atom is 0.219 e. The molecule has 90 valence electrons. The van der Waals surface area contributed by atoms with Crippen LogP contribution in [-0.2, 0) is 13.2 Å². The molecule has 0 aliphatic heterocycles. The van der Waals surface area contributed by atoms with Gasteiger partial charge in [-0.25, -0.2) is 5.84 Å². The van der Waals surface area contributed by atoms with Crippen LogP contribution in [-0.4, -0.2) is 15.3 Å². The number of aliphatic hydroxyl groups excluding tert-OH is 1. The lowest BCUT2D eigenvalue weighted by Crippen LogP contribution is -2.05. The molecule has 0 radical (unpaired) electrons. The molecule has 0 atom stereocenters. The van der Waals surface area contributed by atoms with E-state index < -0.39 is 0 Å². The zero-order valence-corrected chi connectivity index (χ0v) is 9.78.